The number of hydrogen-bond donors (Lipinski definition) is 1. The van der Waals surface area contributed by atoms with Crippen LogP contribution in [0.4, 0.5) is 0 Å². The predicted octanol–water partition coefficient (Wildman–Crippen LogP) is 3.71. The molecule has 0 radical (unpaired) electrons. The van der Waals surface area contributed by atoms with Crippen molar-refractivity contribution in [1.82, 2.24) is 5.32 Å². The third kappa shape index (κ3) is 2.55. The molecule has 2 fully saturated rings. The van der Waals surface area contributed by atoms with Crippen LogP contribution in [0.5, 0.6) is 0 Å². The van der Waals surface area contributed by atoms with Gasteiger partial charge in [-0.2, -0.15) is 0 Å². The Hall–Kier alpha value is -0.820. The third-order valence-corrected chi connectivity index (χ3v) is 4.44. The Kier molecular flexibility index (Phi) is 3.19. The monoisotopic (exact) mass is 229 g/mol. The van der Waals surface area contributed by atoms with Gasteiger partial charge in [-0.05, 0) is 43.1 Å². The smallest absolute Gasteiger partial charge is 0.0102 e. The molecular formula is C16H23N. The average Bonchev–Trinajstić information content (AvgIpc) is 3.03. The summed E-state index contributed by atoms with van der Waals surface area (Å²) < 4.78 is 0. The van der Waals surface area contributed by atoms with Crippen LogP contribution in [0.15, 0.2) is 30.3 Å². The van der Waals surface area contributed by atoms with Crippen LogP contribution in [0, 0.1) is 5.92 Å². The second-order valence-electron chi connectivity index (χ2n) is 5.83. The van der Waals surface area contributed by atoms with E-state index in [1.807, 2.05) is 0 Å². The standard InChI is InChI=1S/C16H23N/c1-2-6-13-11-16(13)17-15-9-14(10-15)12-7-4-3-5-8-12/h3-5,7-8,13-17H,2,6,9-11H2,1H3. The second-order valence-corrected chi connectivity index (χ2v) is 5.83. The molecule has 17 heavy (non-hydrogen) atoms. The Labute approximate surface area is 105 Å². The minimum Gasteiger partial charge on any atom is -0.311 e. The van der Waals surface area contributed by atoms with Crippen LogP contribution >= 0.6 is 0 Å². The fourth-order valence-corrected chi connectivity index (χ4v) is 3.20. The summed E-state index contributed by atoms with van der Waals surface area (Å²) in [6.45, 7) is 2.30. The lowest BCUT2D eigenvalue weighted by atomic mass is 9.76. The summed E-state index contributed by atoms with van der Waals surface area (Å²) in [6.07, 6.45) is 6.89. The summed E-state index contributed by atoms with van der Waals surface area (Å²) in [5, 5.41) is 3.82. The topological polar surface area (TPSA) is 12.0 Å². The summed E-state index contributed by atoms with van der Waals surface area (Å²) in [6, 6.07) is 12.6. The zero-order chi connectivity index (χ0) is 11.7. The van der Waals surface area contributed by atoms with Gasteiger partial charge < -0.3 is 5.32 Å². The molecule has 0 spiro atoms. The van der Waals surface area contributed by atoms with E-state index >= 15 is 0 Å². The van der Waals surface area contributed by atoms with Crippen molar-refractivity contribution >= 4 is 0 Å². The van der Waals surface area contributed by atoms with E-state index in [-0.39, 0.29) is 0 Å². The van der Waals surface area contributed by atoms with Gasteiger partial charge in [-0.25, -0.2) is 0 Å². The van der Waals surface area contributed by atoms with Crippen LogP contribution in [0.1, 0.15) is 50.5 Å². The molecule has 0 heterocycles. The second kappa shape index (κ2) is 4.81. The van der Waals surface area contributed by atoms with Crippen LogP contribution in [-0.4, -0.2) is 12.1 Å². The lowest BCUT2D eigenvalue weighted by molar-refractivity contribution is 0.284. The summed E-state index contributed by atoms with van der Waals surface area (Å²) >= 11 is 0. The summed E-state index contributed by atoms with van der Waals surface area (Å²) in [5.41, 5.74) is 1.53. The maximum atomic E-state index is 3.82. The fraction of sp³-hybridized carbons (Fsp3) is 0.625. The lowest BCUT2D eigenvalue weighted by Gasteiger charge is -2.36. The minimum absolute atomic E-state index is 0.798. The molecule has 2 aliphatic rings. The molecular weight excluding hydrogens is 206 g/mol. The Bertz CT molecular complexity index is 353. The van der Waals surface area contributed by atoms with Gasteiger partial charge in [0.15, 0.2) is 0 Å². The van der Waals surface area contributed by atoms with E-state index in [0.717, 1.165) is 23.9 Å². The highest BCUT2D eigenvalue weighted by molar-refractivity contribution is 5.23. The molecule has 3 rings (SSSR count). The maximum Gasteiger partial charge on any atom is 0.0102 e. The number of nitrogens with one attached hydrogen (secondary N) is 1. The van der Waals surface area contributed by atoms with Gasteiger partial charge in [0.25, 0.3) is 0 Å². The van der Waals surface area contributed by atoms with Crippen LogP contribution in [0.2, 0.25) is 0 Å². The van der Waals surface area contributed by atoms with Gasteiger partial charge in [-0.3, -0.25) is 0 Å². The van der Waals surface area contributed by atoms with Crippen molar-refractivity contribution < 1.29 is 0 Å². The average molecular weight is 229 g/mol. The molecule has 1 aromatic carbocycles. The van der Waals surface area contributed by atoms with Crippen LogP contribution in [0.3, 0.4) is 0 Å². The van der Waals surface area contributed by atoms with E-state index in [0.29, 0.717) is 0 Å². The molecule has 0 aliphatic heterocycles. The number of rotatable bonds is 5. The molecule has 0 amide bonds. The first kappa shape index (κ1) is 11.3. The highest BCUT2D eigenvalue weighted by Gasteiger charge is 2.40. The Morgan fingerprint density at radius 2 is 1.88 bits per heavy atom. The third-order valence-electron chi connectivity index (χ3n) is 4.44. The number of benzene rings is 1. The predicted molar refractivity (Wildman–Crippen MR) is 72.1 cm³/mol. The largest absolute Gasteiger partial charge is 0.311 e. The van der Waals surface area contributed by atoms with E-state index in [1.54, 1.807) is 0 Å². The fourth-order valence-electron chi connectivity index (χ4n) is 3.20. The quantitative estimate of drug-likeness (QED) is 0.811. The van der Waals surface area contributed by atoms with Crippen LogP contribution in [0.25, 0.3) is 0 Å². The molecule has 2 atom stereocenters. The van der Waals surface area contributed by atoms with Crippen molar-refractivity contribution in [2.24, 2.45) is 5.92 Å². The first-order valence-electron chi connectivity index (χ1n) is 7.17. The van der Waals surface area contributed by atoms with Gasteiger partial charge in [0.05, 0.1) is 0 Å². The lowest BCUT2D eigenvalue weighted by Crippen LogP contribution is -2.41. The van der Waals surface area contributed by atoms with E-state index in [2.05, 4.69) is 42.6 Å². The Morgan fingerprint density at radius 3 is 2.59 bits per heavy atom. The van der Waals surface area contributed by atoms with Gasteiger partial charge in [-0.15, -0.1) is 0 Å². The van der Waals surface area contributed by atoms with E-state index in [4.69, 9.17) is 0 Å². The van der Waals surface area contributed by atoms with Crippen molar-refractivity contribution in [1.29, 1.82) is 0 Å². The summed E-state index contributed by atoms with van der Waals surface area (Å²) in [4.78, 5) is 0. The van der Waals surface area contributed by atoms with E-state index in [9.17, 15) is 0 Å². The Balaban J connectivity index is 1.41. The van der Waals surface area contributed by atoms with E-state index < -0.39 is 0 Å². The molecule has 1 aromatic rings. The van der Waals surface area contributed by atoms with Gasteiger partial charge in [0.2, 0.25) is 0 Å². The Morgan fingerprint density at radius 1 is 1.12 bits per heavy atom. The molecule has 1 nitrogen and oxygen atoms in total. The molecule has 92 valence electrons. The molecule has 0 aromatic heterocycles. The normalized spacial score (nSPS) is 35.4. The minimum atomic E-state index is 0.798. The molecule has 2 unspecified atom stereocenters. The van der Waals surface area contributed by atoms with Gasteiger partial charge in [-0.1, -0.05) is 43.7 Å². The SMILES string of the molecule is CCCC1CC1NC1CC(c2ccccc2)C1. The molecule has 0 saturated heterocycles. The van der Waals surface area contributed by atoms with Crippen molar-refractivity contribution in [3.05, 3.63) is 35.9 Å². The molecule has 1 heteroatoms. The van der Waals surface area contributed by atoms with Crippen molar-refractivity contribution in [2.75, 3.05) is 0 Å². The zero-order valence-corrected chi connectivity index (χ0v) is 10.7. The van der Waals surface area contributed by atoms with Crippen LogP contribution < -0.4 is 5.32 Å². The molecule has 1 N–H and O–H groups in total. The van der Waals surface area contributed by atoms with Crippen molar-refractivity contribution in [3.63, 3.8) is 0 Å². The maximum absolute atomic E-state index is 3.82. The van der Waals surface area contributed by atoms with E-state index in [1.165, 1.54) is 37.7 Å². The highest BCUT2D eigenvalue weighted by Crippen LogP contribution is 2.41. The first-order chi connectivity index (χ1) is 8.36. The first-order valence-corrected chi connectivity index (χ1v) is 7.17. The zero-order valence-electron chi connectivity index (χ0n) is 10.7. The van der Waals surface area contributed by atoms with Crippen molar-refractivity contribution in [3.8, 4) is 0 Å². The highest BCUT2D eigenvalue weighted by atomic mass is 15.0. The van der Waals surface area contributed by atoms with Gasteiger partial charge in [0, 0.05) is 12.1 Å². The number of hydrogen-bond acceptors (Lipinski definition) is 1. The van der Waals surface area contributed by atoms with Crippen LogP contribution in [-0.2, 0) is 0 Å². The summed E-state index contributed by atoms with van der Waals surface area (Å²) in [7, 11) is 0. The molecule has 0 bridgehead atoms. The van der Waals surface area contributed by atoms with Crippen molar-refractivity contribution in [2.45, 2.75) is 57.0 Å². The van der Waals surface area contributed by atoms with Gasteiger partial charge in [0.1, 0.15) is 0 Å². The molecule has 2 aliphatic carbocycles. The van der Waals surface area contributed by atoms with Gasteiger partial charge >= 0.3 is 0 Å². The molecule has 2 saturated carbocycles. The summed E-state index contributed by atoms with van der Waals surface area (Å²) in [5.74, 6) is 1.81.